The minimum atomic E-state index is -1.59. The van der Waals surface area contributed by atoms with E-state index < -0.39 is 23.2 Å². The van der Waals surface area contributed by atoms with Gasteiger partial charge in [0.25, 0.3) is 0 Å². The first-order valence-corrected chi connectivity index (χ1v) is 5.63. The van der Waals surface area contributed by atoms with E-state index >= 15 is 0 Å². The maximum absolute atomic E-state index is 12.9. The number of rotatable bonds is 2. The molecule has 2 rings (SSSR count). The van der Waals surface area contributed by atoms with E-state index in [9.17, 15) is 18.0 Å². The van der Waals surface area contributed by atoms with Gasteiger partial charge in [0, 0.05) is 5.56 Å². The van der Waals surface area contributed by atoms with Crippen molar-refractivity contribution in [1.82, 2.24) is 0 Å². The summed E-state index contributed by atoms with van der Waals surface area (Å²) in [6.07, 6.45) is 0. The molecule has 0 saturated heterocycles. The second-order valence-electron chi connectivity index (χ2n) is 3.19. The summed E-state index contributed by atoms with van der Waals surface area (Å²) in [4.78, 5) is 12.0. The first kappa shape index (κ1) is 12.1. The zero-order valence-electron chi connectivity index (χ0n) is 8.14. The minimum Gasteiger partial charge on any atom is -0.288 e. The summed E-state index contributed by atoms with van der Waals surface area (Å²) in [5.41, 5.74) is -0.250. The third kappa shape index (κ3) is 2.35. The number of halogens is 4. The summed E-state index contributed by atoms with van der Waals surface area (Å²) in [7, 11) is 0. The molecule has 1 nitrogen and oxygen atoms in total. The van der Waals surface area contributed by atoms with Gasteiger partial charge < -0.3 is 0 Å². The number of thiophene rings is 1. The summed E-state index contributed by atoms with van der Waals surface area (Å²) >= 11 is 6.62. The van der Waals surface area contributed by atoms with Crippen LogP contribution in [-0.4, -0.2) is 5.78 Å². The molecule has 6 heteroatoms. The van der Waals surface area contributed by atoms with Gasteiger partial charge in [0.1, 0.15) is 0 Å². The van der Waals surface area contributed by atoms with E-state index in [1.165, 1.54) is 12.1 Å². The van der Waals surface area contributed by atoms with E-state index in [1.807, 2.05) is 0 Å². The maximum Gasteiger partial charge on any atom is 0.203 e. The molecule has 0 fully saturated rings. The highest BCUT2D eigenvalue weighted by Crippen LogP contribution is 2.25. The summed E-state index contributed by atoms with van der Waals surface area (Å²) in [6, 6.07) is 4.26. The molecule has 88 valence electrons. The molecule has 0 spiro atoms. The average Bonchev–Trinajstić information content (AvgIpc) is 2.71. The van der Waals surface area contributed by atoms with E-state index in [4.69, 9.17) is 11.6 Å². The van der Waals surface area contributed by atoms with Crippen LogP contribution in [0.15, 0.2) is 24.3 Å². The molecule has 2 aromatic rings. The summed E-state index contributed by atoms with van der Waals surface area (Å²) in [5.74, 6) is -4.97. The quantitative estimate of drug-likeness (QED) is 0.597. The lowest BCUT2D eigenvalue weighted by Gasteiger charge is -2.00. The average molecular weight is 277 g/mol. The molecule has 0 aliphatic rings. The molecule has 1 heterocycles. The normalized spacial score (nSPS) is 10.6. The van der Waals surface area contributed by atoms with Crippen LogP contribution < -0.4 is 0 Å². The smallest absolute Gasteiger partial charge is 0.203 e. The Bertz CT molecular complexity index is 571. The monoisotopic (exact) mass is 276 g/mol. The molecular weight excluding hydrogens is 273 g/mol. The molecule has 1 aromatic carbocycles. The second kappa shape index (κ2) is 4.50. The Balaban J connectivity index is 2.44. The van der Waals surface area contributed by atoms with Crippen LogP contribution in [0.5, 0.6) is 0 Å². The summed E-state index contributed by atoms with van der Waals surface area (Å²) in [5, 5.41) is 0. The van der Waals surface area contributed by atoms with Crippen LogP contribution in [0.1, 0.15) is 15.2 Å². The lowest BCUT2D eigenvalue weighted by Crippen LogP contribution is -2.02. The fourth-order valence-electron chi connectivity index (χ4n) is 1.27. The molecule has 0 unspecified atom stereocenters. The van der Waals surface area contributed by atoms with Crippen molar-refractivity contribution in [2.75, 3.05) is 0 Å². The standard InChI is InChI=1S/C11H4ClF3OS/c12-9-2-1-8(17-9)11(16)5-3-6(13)10(15)7(14)4-5/h1-4H. The number of hydrogen-bond acceptors (Lipinski definition) is 2. The Morgan fingerprint density at radius 1 is 1.12 bits per heavy atom. The topological polar surface area (TPSA) is 17.1 Å². The van der Waals surface area contributed by atoms with Crippen molar-refractivity contribution >= 4 is 28.7 Å². The Labute approximate surface area is 103 Å². The second-order valence-corrected chi connectivity index (χ2v) is 4.90. The molecule has 0 amide bonds. The number of benzene rings is 1. The number of carbonyl (C=O) groups is 1. The van der Waals surface area contributed by atoms with E-state index in [0.717, 1.165) is 11.3 Å². The van der Waals surface area contributed by atoms with Gasteiger partial charge in [-0.15, -0.1) is 11.3 Å². The molecule has 0 aliphatic heterocycles. The molecule has 0 bridgehead atoms. The highest BCUT2D eigenvalue weighted by atomic mass is 35.5. The van der Waals surface area contributed by atoms with Crippen molar-refractivity contribution in [3.05, 3.63) is 56.5 Å². The van der Waals surface area contributed by atoms with Crippen molar-refractivity contribution in [2.45, 2.75) is 0 Å². The maximum atomic E-state index is 12.9. The van der Waals surface area contributed by atoms with Crippen LogP contribution in [0.4, 0.5) is 13.2 Å². The number of ketones is 1. The SMILES string of the molecule is O=C(c1cc(F)c(F)c(F)c1)c1ccc(Cl)s1. The summed E-state index contributed by atoms with van der Waals surface area (Å²) in [6.45, 7) is 0. The first-order chi connectivity index (χ1) is 7.99. The van der Waals surface area contributed by atoms with Gasteiger partial charge in [-0.2, -0.15) is 0 Å². The Kier molecular flexibility index (Phi) is 3.22. The number of carbonyl (C=O) groups excluding carboxylic acids is 1. The largest absolute Gasteiger partial charge is 0.288 e. The van der Waals surface area contributed by atoms with Gasteiger partial charge in [-0.1, -0.05) is 11.6 Å². The van der Waals surface area contributed by atoms with E-state index in [2.05, 4.69) is 0 Å². The van der Waals surface area contributed by atoms with E-state index in [1.54, 1.807) is 0 Å². The Hall–Kier alpha value is -1.33. The summed E-state index contributed by atoms with van der Waals surface area (Å²) < 4.78 is 38.9. The fourth-order valence-corrected chi connectivity index (χ4v) is 2.27. The van der Waals surface area contributed by atoms with Gasteiger partial charge >= 0.3 is 0 Å². The molecule has 0 N–H and O–H groups in total. The molecule has 0 saturated carbocycles. The first-order valence-electron chi connectivity index (χ1n) is 4.43. The van der Waals surface area contributed by atoms with Gasteiger partial charge in [0.15, 0.2) is 17.5 Å². The highest BCUT2D eigenvalue weighted by molar-refractivity contribution is 7.18. The van der Waals surface area contributed by atoms with Crippen LogP contribution in [0, 0.1) is 17.5 Å². The van der Waals surface area contributed by atoms with Gasteiger partial charge in [0.2, 0.25) is 5.78 Å². The molecule has 0 atom stereocenters. The van der Waals surface area contributed by atoms with E-state index in [-0.39, 0.29) is 10.4 Å². The van der Waals surface area contributed by atoms with Crippen LogP contribution in [0.3, 0.4) is 0 Å². The molecule has 0 aliphatic carbocycles. The van der Waals surface area contributed by atoms with Gasteiger partial charge in [-0.25, -0.2) is 13.2 Å². The Morgan fingerprint density at radius 2 is 1.71 bits per heavy atom. The van der Waals surface area contributed by atoms with E-state index in [0.29, 0.717) is 16.5 Å². The lowest BCUT2D eigenvalue weighted by atomic mass is 10.1. The van der Waals surface area contributed by atoms with Crippen LogP contribution >= 0.6 is 22.9 Å². The Morgan fingerprint density at radius 3 is 2.18 bits per heavy atom. The van der Waals surface area contributed by atoms with Gasteiger partial charge in [-0.3, -0.25) is 4.79 Å². The minimum absolute atomic E-state index is 0.236. The predicted molar refractivity (Wildman–Crippen MR) is 59.1 cm³/mol. The lowest BCUT2D eigenvalue weighted by molar-refractivity contribution is 0.104. The van der Waals surface area contributed by atoms with Crippen molar-refractivity contribution in [3.63, 3.8) is 0 Å². The highest BCUT2D eigenvalue weighted by Gasteiger charge is 2.17. The third-order valence-corrected chi connectivity index (χ3v) is 3.27. The van der Waals surface area contributed by atoms with Crippen LogP contribution in [-0.2, 0) is 0 Å². The molecule has 0 radical (unpaired) electrons. The zero-order valence-corrected chi connectivity index (χ0v) is 9.71. The van der Waals surface area contributed by atoms with Crippen molar-refractivity contribution < 1.29 is 18.0 Å². The molecule has 17 heavy (non-hydrogen) atoms. The van der Waals surface area contributed by atoms with Crippen LogP contribution in [0.2, 0.25) is 4.34 Å². The zero-order chi connectivity index (χ0) is 12.6. The van der Waals surface area contributed by atoms with Crippen LogP contribution in [0.25, 0.3) is 0 Å². The predicted octanol–water partition coefficient (Wildman–Crippen LogP) is 4.05. The molecular formula is C11H4ClF3OS. The van der Waals surface area contributed by atoms with Crippen molar-refractivity contribution in [2.24, 2.45) is 0 Å². The van der Waals surface area contributed by atoms with Crippen molar-refractivity contribution in [1.29, 1.82) is 0 Å². The fraction of sp³-hybridized carbons (Fsp3) is 0. The van der Waals surface area contributed by atoms with Gasteiger partial charge in [-0.05, 0) is 24.3 Å². The molecule has 1 aromatic heterocycles. The van der Waals surface area contributed by atoms with Crippen molar-refractivity contribution in [3.8, 4) is 0 Å². The third-order valence-electron chi connectivity index (χ3n) is 2.04. The number of hydrogen-bond donors (Lipinski definition) is 0. The van der Waals surface area contributed by atoms with Gasteiger partial charge in [0.05, 0.1) is 9.21 Å².